The Morgan fingerprint density at radius 2 is 1.78 bits per heavy atom. The number of primary sulfonamides is 1. The van der Waals surface area contributed by atoms with E-state index in [0.29, 0.717) is 41.2 Å². The number of carbonyl (C=O) groups excluding carboxylic acids is 2. The minimum Gasteiger partial charge on any atom is -0.493 e. The van der Waals surface area contributed by atoms with E-state index >= 15 is 0 Å². The van der Waals surface area contributed by atoms with Crippen LogP contribution in [0.3, 0.4) is 0 Å². The Hall–Kier alpha value is -3.64. The third kappa shape index (κ3) is 8.24. The van der Waals surface area contributed by atoms with Crippen LogP contribution in [0.1, 0.15) is 37.3 Å². The molecule has 0 radical (unpaired) electrons. The summed E-state index contributed by atoms with van der Waals surface area (Å²) >= 11 is 0. The van der Waals surface area contributed by atoms with Crippen LogP contribution in [0, 0.1) is 6.92 Å². The van der Waals surface area contributed by atoms with Gasteiger partial charge in [0.1, 0.15) is 6.04 Å². The number of nitrogens with zero attached hydrogens (tertiary/aromatic N) is 1. The van der Waals surface area contributed by atoms with Gasteiger partial charge in [-0.3, -0.25) is 14.9 Å². The van der Waals surface area contributed by atoms with Gasteiger partial charge in [0.2, 0.25) is 21.8 Å². The lowest BCUT2D eigenvalue weighted by Crippen LogP contribution is -2.40. The SMILES string of the molecule is CCCC[C@@H](N=C(N)NC(=O)Cc1ccc(OC)c(OC)c1)C(=O)Nc1cc(S(N)(=O)=O)ccc1C. The number of hydrogen-bond donors (Lipinski definition) is 4. The van der Waals surface area contributed by atoms with Gasteiger partial charge in [0, 0.05) is 5.69 Å². The van der Waals surface area contributed by atoms with Gasteiger partial charge in [-0.25, -0.2) is 18.5 Å². The summed E-state index contributed by atoms with van der Waals surface area (Å²) in [7, 11) is -0.921. The van der Waals surface area contributed by atoms with Crippen molar-refractivity contribution in [2.45, 2.75) is 50.5 Å². The Balaban J connectivity index is 2.15. The molecular formula is C24H33N5O6S. The van der Waals surface area contributed by atoms with Crippen molar-refractivity contribution in [3.63, 3.8) is 0 Å². The molecule has 0 heterocycles. The van der Waals surface area contributed by atoms with Crippen molar-refractivity contribution in [1.29, 1.82) is 0 Å². The van der Waals surface area contributed by atoms with Crippen molar-refractivity contribution >= 4 is 33.5 Å². The number of benzene rings is 2. The molecule has 196 valence electrons. The molecule has 2 aromatic rings. The van der Waals surface area contributed by atoms with Gasteiger partial charge in [-0.2, -0.15) is 0 Å². The zero-order valence-corrected chi connectivity index (χ0v) is 21.6. The van der Waals surface area contributed by atoms with Gasteiger partial charge in [0.15, 0.2) is 17.5 Å². The second kappa shape index (κ2) is 12.9. The summed E-state index contributed by atoms with van der Waals surface area (Å²) in [5, 5.41) is 10.4. The highest BCUT2D eigenvalue weighted by Gasteiger charge is 2.20. The first kappa shape index (κ1) is 28.6. The highest BCUT2D eigenvalue weighted by atomic mass is 32.2. The second-order valence-corrected chi connectivity index (χ2v) is 9.66. The molecule has 2 amide bonds. The van der Waals surface area contributed by atoms with Crippen molar-refractivity contribution in [2.24, 2.45) is 15.9 Å². The molecule has 0 saturated carbocycles. The smallest absolute Gasteiger partial charge is 0.249 e. The van der Waals surface area contributed by atoms with Crippen LogP contribution in [0.4, 0.5) is 5.69 Å². The Kier molecular flexibility index (Phi) is 10.2. The highest BCUT2D eigenvalue weighted by Crippen LogP contribution is 2.27. The zero-order valence-electron chi connectivity index (χ0n) is 20.8. The Morgan fingerprint density at radius 1 is 1.08 bits per heavy atom. The van der Waals surface area contributed by atoms with E-state index in [1.165, 1.54) is 26.4 Å². The molecule has 11 nitrogen and oxygen atoms in total. The molecule has 1 atom stereocenters. The second-order valence-electron chi connectivity index (χ2n) is 8.10. The van der Waals surface area contributed by atoms with E-state index in [9.17, 15) is 18.0 Å². The molecular weight excluding hydrogens is 486 g/mol. The average Bonchev–Trinajstić information content (AvgIpc) is 2.81. The van der Waals surface area contributed by atoms with Gasteiger partial charge in [0.05, 0.1) is 25.5 Å². The Labute approximate surface area is 211 Å². The summed E-state index contributed by atoms with van der Waals surface area (Å²) in [6, 6.07) is 8.39. The number of aryl methyl sites for hydroxylation is 1. The molecule has 0 spiro atoms. The van der Waals surface area contributed by atoms with Gasteiger partial charge >= 0.3 is 0 Å². The number of unbranched alkanes of at least 4 members (excludes halogenated alkanes) is 1. The van der Waals surface area contributed by atoms with Crippen LogP contribution in [0.15, 0.2) is 46.3 Å². The van der Waals surface area contributed by atoms with Crippen LogP contribution in [0.2, 0.25) is 0 Å². The normalized spacial score (nSPS) is 12.5. The minimum absolute atomic E-state index is 0.00193. The van der Waals surface area contributed by atoms with Gasteiger partial charge in [-0.15, -0.1) is 0 Å². The standard InChI is InChI=1S/C24H33N5O6S/c1-5-6-7-18(23(31)27-19-14-17(36(26,32)33)10-8-15(19)2)28-24(25)29-22(30)13-16-9-11-20(34-3)21(12-16)35-4/h8-12,14,18H,5-7,13H2,1-4H3,(H,27,31)(H2,26,32,33)(H3,25,28,29,30)/t18-/m1/s1. The summed E-state index contributed by atoms with van der Waals surface area (Å²) in [4.78, 5) is 29.6. The van der Waals surface area contributed by atoms with Crippen LogP contribution < -0.4 is 31.0 Å². The van der Waals surface area contributed by atoms with Crippen molar-refractivity contribution in [3.8, 4) is 11.5 Å². The summed E-state index contributed by atoms with van der Waals surface area (Å²) in [6.45, 7) is 3.68. The first-order chi connectivity index (χ1) is 17.0. The fourth-order valence-electron chi connectivity index (χ4n) is 3.34. The Bertz CT molecular complexity index is 1230. The van der Waals surface area contributed by atoms with Crippen LogP contribution >= 0.6 is 0 Å². The molecule has 6 N–H and O–H groups in total. The molecule has 2 rings (SSSR count). The van der Waals surface area contributed by atoms with Gasteiger partial charge < -0.3 is 20.5 Å². The van der Waals surface area contributed by atoms with Crippen molar-refractivity contribution in [1.82, 2.24) is 5.32 Å². The van der Waals surface area contributed by atoms with Crippen LogP contribution in [-0.2, 0) is 26.0 Å². The molecule has 0 aliphatic rings. The third-order valence-corrected chi connectivity index (χ3v) is 6.22. The minimum atomic E-state index is -3.94. The average molecular weight is 520 g/mol. The summed E-state index contributed by atoms with van der Waals surface area (Å²) < 4.78 is 33.8. The quantitative estimate of drug-likeness (QED) is 0.259. The predicted molar refractivity (Wildman–Crippen MR) is 138 cm³/mol. The van der Waals surface area contributed by atoms with Gasteiger partial charge in [0.25, 0.3) is 0 Å². The maximum atomic E-state index is 13.0. The number of nitrogens with one attached hydrogen (secondary N) is 2. The summed E-state index contributed by atoms with van der Waals surface area (Å²) in [6.07, 6.45) is 1.87. The lowest BCUT2D eigenvalue weighted by atomic mass is 10.1. The van der Waals surface area contributed by atoms with E-state index in [2.05, 4.69) is 15.6 Å². The largest absolute Gasteiger partial charge is 0.493 e. The van der Waals surface area contributed by atoms with E-state index < -0.39 is 27.9 Å². The van der Waals surface area contributed by atoms with Crippen molar-refractivity contribution < 1.29 is 27.5 Å². The Morgan fingerprint density at radius 3 is 2.39 bits per heavy atom. The van der Waals surface area contributed by atoms with Crippen LogP contribution in [-0.4, -0.2) is 46.5 Å². The predicted octanol–water partition coefficient (Wildman–Crippen LogP) is 1.83. The summed E-state index contributed by atoms with van der Waals surface area (Å²) in [5.41, 5.74) is 7.55. The van der Waals surface area contributed by atoms with Gasteiger partial charge in [-0.05, 0) is 48.7 Å². The lowest BCUT2D eigenvalue weighted by molar-refractivity contribution is -0.119. The van der Waals surface area contributed by atoms with E-state index in [0.717, 1.165) is 6.42 Å². The molecule has 12 heteroatoms. The van der Waals surface area contributed by atoms with Crippen molar-refractivity contribution in [3.05, 3.63) is 47.5 Å². The number of guanidine groups is 1. The van der Waals surface area contributed by atoms with Crippen molar-refractivity contribution in [2.75, 3.05) is 19.5 Å². The number of ether oxygens (including phenoxy) is 2. The number of methoxy groups -OCH3 is 2. The topological polar surface area (TPSA) is 175 Å². The number of hydrogen-bond acceptors (Lipinski definition) is 7. The highest BCUT2D eigenvalue weighted by molar-refractivity contribution is 7.89. The molecule has 0 saturated heterocycles. The molecule has 0 aromatic heterocycles. The fourth-order valence-corrected chi connectivity index (χ4v) is 3.88. The molecule has 0 aliphatic carbocycles. The third-order valence-electron chi connectivity index (χ3n) is 5.30. The van der Waals surface area contributed by atoms with E-state index in [1.54, 1.807) is 31.2 Å². The van der Waals surface area contributed by atoms with E-state index in [-0.39, 0.29) is 17.3 Å². The first-order valence-electron chi connectivity index (χ1n) is 11.3. The molecule has 36 heavy (non-hydrogen) atoms. The number of aliphatic imine (C=N–C) groups is 1. The molecule has 0 aliphatic heterocycles. The van der Waals surface area contributed by atoms with E-state index in [4.69, 9.17) is 20.3 Å². The first-order valence-corrected chi connectivity index (χ1v) is 12.8. The fraction of sp³-hybridized carbons (Fsp3) is 0.375. The lowest BCUT2D eigenvalue weighted by Gasteiger charge is -2.16. The zero-order chi connectivity index (χ0) is 26.9. The van der Waals surface area contributed by atoms with Crippen LogP contribution in [0.25, 0.3) is 0 Å². The number of anilines is 1. The summed E-state index contributed by atoms with van der Waals surface area (Å²) in [5.74, 6) is -0.0864. The van der Waals surface area contributed by atoms with E-state index in [1.807, 2.05) is 6.92 Å². The number of amides is 2. The molecule has 2 aromatic carbocycles. The number of nitrogens with two attached hydrogens (primary N) is 2. The number of sulfonamides is 1. The van der Waals surface area contributed by atoms with Crippen LogP contribution in [0.5, 0.6) is 11.5 Å². The number of carbonyl (C=O) groups is 2. The molecule has 0 fully saturated rings. The maximum absolute atomic E-state index is 13.0. The number of rotatable bonds is 11. The van der Waals surface area contributed by atoms with Gasteiger partial charge in [-0.1, -0.05) is 31.9 Å². The molecule has 0 unspecified atom stereocenters. The monoisotopic (exact) mass is 519 g/mol. The molecule has 0 bridgehead atoms. The maximum Gasteiger partial charge on any atom is 0.249 e.